The van der Waals surface area contributed by atoms with Gasteiger partial charge in [-0.25, -0.2) is 0 Å². The van der Waals surface area contributed by atoms with E-state index in [0.29, 0.717) is 24.5 Å². The van der Waals surface area contributed by atoms with Crippen LogP contribution in [0.5, 0.6) is 5.75 Å². The zero-order chi connectivity index (χ0) is 24.4. The summed E-state index contributed by atoms with van der Waals surface area (Å²) in [5, 5.41) is 4.37. The lowest BCUT2D eigenvalue weighted by Gasteiger charge is -2.45. The molecule has 2 heterocycles. The van der Waals surface area contributed by atoms with Gasteiger partial charge in [-0.3, -0.25) is 9.59 Å². The van der Waals surface area contributed by atoms with Gasteiger partial charge in [0.05, 0.1) is 20.2 Å². The zero-order valence-corrected chi connectivity index (χ0v) is 20.8. The van der Waals surface area contributed by atoms with Gasteiger partial charge in [0.15, 0.2) is 0 Å². The Morgan fingerprint density at radius 2 is 1.71 bits per heavy atom. The Labute approximate surface area is 207 Å². The van der Waals surface area contributed by atoms with E-state index in [9.17, 15) is 9.59 Å². The maximum Gasteiger partial charge on any atom is 0.271 e. The molecule has 2 aliphatic rings. The number of hydrogen-bond acceptors (Lipinski definition) is 3. The monoisotopic (exact) mass is 473 g/mol. The number of carbonyl (C=O) groups excluding carboxylic acids is 2. The summed E-state index contributed by atoms with van der Waals surface area (Å²) in [6.07, 6.45) is 8.00. The Hall–Kier alpha value is -3.28. The zero-order valence-electron chi connectivity index (χ0n) is 20.8. The third-order valence-electron chi connectivity index (χ3n) is 7.79. The first kappa shape index (κ1) is 23.5. The maximum atomic E-state index is 14.0. The van der Waals surface area contributed by atoms with Gasteiger partial charge in [0.25, 0.3) is 5.91 Å². The number of benzene rings is 2. The molecule has 184 valence electrons. The van der Waals surface area contributed by atoms with Gasteiger partial charge in [-0.2, -0.15) is 0 Å². The largest absolute Gasteiger partial charge is 0.496 e. The normalized spacial score (nSPS) is 21.3. The number of aromatic nitrogens is 1. The molecule has 1 atom stereocenters. The highest BCUT2D eigenvalue weighted by molar-refractivity contribution is 6.03. The van der Waals surface area contributed by atoms with Crippen molar-refractivity contribution in [2.45, 2.75) is 76.5 Å². The Kier molecular flexibility index (Phi) is 6.54. The number of methoxy groups -OCH3 is 1. The van der Waals surface area contributed by atoms with Crippen LogP contribution in [0.4, 0.5) is 0 Å². The number of rotatable bonds is 5. The lowest BCUT2D eigenvalue weighted by Crippen LogP contribution is -2.64. The second kappa shape index (κ2) is 9.76. The SMILES string of the molecule is COc1ccccc1CN1C(=O)c2cc3ccccc3n2CC1(C)C(=O)NC1CCCCCCC1. The van der Waals surface area contributed by atoms with Crippen LogP contribution >= 0.6 is 0 Å². The van der Waals surface area contributed by atoms with Crippen molar-refractivity contribution < 1.29 is 14.3 Å². The van der Waals surface area contributed by atoms with E-state index in [1.807, 2.05) is 66.1 Å². The van der Waals surface area contributed by atoms with Crippen molar-refractivity contribution in [3.05, 3.63) is 65.9 Å². The molecule has 1 N–H and O–H groups in total. The van der Waals surface area contributed by atoms with Crippen molar-refractivity contribution in [1.29, 1.82) is 0 Å². The third kappa shape index (κ3) is 4.42. The van der Waals surface area contributed by atoms with Gasteiger partial charge < -0.3 is 19.5 Å². The molecule has 5 rings (SSSR count). The number of nitrogens with one attached hydrogen (secondary N) is 1. The molecule has 35 heavy (non-hydrogen) atoms. The molecule has 6 nitrogen and oxygen atoms in total. The summed E-state index contributed by atoms with van der Waals surface area (Å²) < 4.78 is 7.59. The van der Waals surface area contributed by atoms with Crippen molar-refractivity contribution in [1.82, 2.24) is 14.8 Å². The number of ether oxygens (including phenoxy) is 1. The van der Waals surface area contributed by atoms with Crippen molar-refractivity contribution in [3.63, 3.8) is 0 Å². The summed E-state index contributed by atoms with van der Waals surface area (Å²) in [4.78, 5) is 29.7. The number of para-hydroxylation sites is 2. The summed E-state index contributed by atoms with van der Waals surface area (Å²) in [5.74, 6) is 0.512. The van der Waals surface area contributed by atoms with Crippen LogP contribution in [-0.2, 0) is 17.9 Å². The van der Waals surface area contributed by atoms with Gasteiger partial charge in [0.1, 0.15) is 17.0 Å². The highest BCUT2D eigenvalue weighted by Gasteiger charge is 2.48. The molecule has 1 aliphatic carbocycles. The van der Waals surface area contributed by atoms with E-state index < -0.39 is 5.54 Å². The molecule has 0 radical (unpaired) electrons. The highest BCUT2D eigenvalue weighted by Crippen LogP contribution is 2.35. The fourth-order valence-corrected chi connectivity index (χ4v) is 5.70. The van der Waals surface area contributed by atoms with Gasteiger partial charge in [-0.1, -0.05) is 68.5 Å². The Morgan fingerprint density at radius 3 is 2.49 bits per heavy atom. The average molecular weight is 474 g/mol. The van der Waals surface area contributed by atoms with Crippen LogP contribution in [0.2, 0.25) is 0 Å². The fraction of sp³-hybridized carbons (Fsp3) is 0.448. The van der Waals surface area contributed by atoms with Crippen LogP contribution < -0.4 is 10.1 Å². The van der Waals surface area contributed by atoms with Crippen LogP contribution in [0.25, 0.3) is 10.9 Å². The predicted octanol–water partition coefficient (Wildman–Crippen LogP) is 5.29. The minimum Gasteiger partial charge on any atom is -0.496 e. The Balaban J connectivity index is 1.53. The van der Waals surface area contributed by atoms with Crippen molar-refractivity contribution in [2.75, 3.05) is 7.11 Å². The molecular formula is C29H35N3O3. The standard InChI is InChI=1S/C29H35N3O3/c1-29(28(34)30-23-14-6-4-3-5-7-15-23)20-31-24-16-10-8-12-21(24)18-25(31)27(33)32(29)19-22-13-9-11-17-26(22)35-2/h8-13,16-18,23H,3-7,14-15,19-20H2,1-2H3,(H,30,34). The summed E-state index contributed by atoms with van der Waals surface area (Å²) in [5.41, 5.74) is 1.46. The number of amides is 2. The molecule has 1 saturated carbocycles. The summed E-state index contributed by atoms with van der Waals surface area (Å²) in [6, 6.07) is 17.8. The molecule has 1 fully saturated rings. The van der Waals surface area contributed by atoms with E-state index in [-0.39, 0.29) is 17.9 Å². The quantitative estimate of drug-likeness (QED) is 0.547. The second-order valence-electron chi connectivity index (χ2n) is 10.2. The lowest BCUT2D eigenvalue weighted by atomic mass is 9.91. The van der Waals surface area contributed by atoms with Gasteiger partial charge in [-0.05, 0) is 38.0 Å². The number of fused-ring (bicyclic) bond motifs is 3. The Bertz CT molecular complexity index is 1220. The summed E-state index contributed by atoms with van der Waals surface area (Å²) >= 11 is 0. The van der Waals surface area contributed by atoms with Gasteiger partial charge in [0.2, 0.25) is 5.91 Å². The fourth-order valence-electron chi connectivity index (χ4n) is 5.70. The minimum absolute atomic E-state index is 0.0743. The van der Waals surface area contributed by atoms with Crippen molar-refractivity contribution in [2.24, 2.45) is 0 Å². The number of hydrogen-bond donors (Lipinski definition) is 1. The van der Waals surface area contributed by atoms with E-state index in [1.54, 1.807) is 12.0 Å². The first-order valence-corrected chi connectivity index (χ1v) is 12.8. The van der Waals surface area contributed by atoms with Gasteiger partial charge in [0, 0.05) is 22.5 Å². The first-order chi connectivity index (χ1) is 17.0. The summed E-state index contributed by atoms with van der Waals surface area (Å²) in [7, 11) is 1.63. The average Bonchev–Trinajstić information content (AvgIpc) is 3.22. The summed E-state index contributed by atoms with van der Waals surface area (Å²) in [6.45, 7) is 2.63. The predicted molar refractivity (Wildman–Crippen MR) is 137 cm³/mol. The highest BCUT2D eigenvalue weighted by atomic mass is 16.5. The molecule has 0 bridgehead atoms. The van der Waals surface area contributed by atoms with Crippen molar-refractivity contribution >= 4 is 22.7 Å². The van der Waals surface area contributed by atoms with Crippen LogP contribution in [0.15, 0.2) is 54.6 Å². The smallest absolute Gasteiger partial charge is 0.271 e. The second-order valence-corrected chi connectivity index (χ2v) is 10.2. The lowest BCUT2D eigenvalue weighted by molar-refractivity contribution is -0.134. The van der Waals surface area contributed by atoms with Crippen LogP contribution in [0.3, 0.4) is 0 Å². The number of nitrogens with zero attached hydrogens (tertiary/aromatic N) is 2. The first-order valence-electron chi connectivity index (χ1n) is 12.8. The molecule has 1 aromatic heterocycles. The third-order valence-corrected chi connectivity index (χ3v) is 7.79. The topological polar surface area (TPSA) is 63.6 Å². The van der Waals surface area contributed by atoms with Gasteiger partial charge in [-0.15, -0.1) is 0 Å². The number of carbonyl (C=O) groups is 2. The van der Waals surface area contributed by atoms with Gasteiger partial charge >= 0.3 is 0 Å². The molecule has 3 aromatic rings. The van der Waals surface area contributed by atoms with Crippen molar-refractivity contribution in [3.8, 4) is 5.75 Å². The van der Waals surface area contributed by atoms with E-state index in [2.05, 4.69) is 5.32 Å². The minimum atomic E-state index is -1.03. The molecule has 0 saturated heterocycles. The van der Waals surface area contributed by atoms with Crippen LogP contribution in [0.1, 0.15) is 67.9 Å². The molecule has 1 aliphatic heterocycles. The van der Waals surface area contributed by atoms with Crippen LogP contribution in [-0.4, -0.2) is 40.0 Å². The molecule has 6 heteroatoms. The van der Waals surface area contributed by atoms with E-state index in [0.717, 1.165) is 42.1 Å². The molecule has 0 spiro atoms. The molecular weight excluding hydrogens is 438 g/mol. The van der Waals surface area contributed by atoms with E-state index in [1.165, 1.54) is 19.3 Å². The van der Waals surface area contributed by atoms with Crippen LogP contribution in [0, 0.1) is 0 Å². The van der Waals surface area contributed by atoms with E-state index in [4.69, 9.17) is 4.74 Å². The maximum absolute atomic E-state index is 14.0. The molecule has 2 amide bonds. The molecule has 1 unspecified atom stereocenters. The molecule has 2 aromatic carbocycles. The van der Waals surface area contributed by atoms with E-state index >= 15 is 0 Å². The Morgan fingerprint density at radius 1 is 1.03 bits per heavy atom.